The Kier molecular flexibility index (Phi) is 24.9. The predicted molar refractivity (Wildman–Crippen MR) is 117 cm³/mol. The van der Waals surface area contributed by atoms with Gasteiger partial charge in [-0.25, -0.2) is 0 Å². The van der Waals surface area contributed by atoms with Gasteiger partial charge in [0.15, 0.2) is 0 Å². The van der Waals surface area contributed by atoms with Crippen molar-refractivity contribution in [2.45, 2.75) is 68.9 Å². The summed E-state index contributed by atoms with van der Waals surface area (Å²) in [5.41, 5.74) is 4.62. The Hall–Kier alpha value is -1.80. The van der Waals surface area contributed by atoms with Crippen LogP contribution in [0.5, 0.6) is 0 Å². The van der Waals surface area contributed by atoms with E-state index >= 15 is 0 Å². The molecule has 0 heterocycles. The van der Waals surface area contributed by atoms with Gasteiger partial charge >= 0.3 is 0 Å². The zero-order chi connectivity index (χ0) is 20.1. The molecule has 0 fully saturated rings. The summed E-state index contributed by atoms with van der Waals surface area (Å²) in [6.45, 7) is 18.7. The Bertz CT molecular complexity index is 478. The Balaban J connectivity index is -0.000000533. The summed E-state index contributed by atoms with van der Waals surface area (Å²) in [6, 6.07) is 16.5. The summed E-state index contributed by atoms with van der Waals surface area (Å²) in [7, 11) is 1.71. The lowest BCUT2D eigenvalue weighted by atomic mass is 10.1. The number of hydrogen-bond acceptors (Lipinski definition) is 2. The highest BCUT2D eigenvalue weighted by Gasteiger charge is 2.01. The van der Waals surface area contributed by atoms with Gasteiger partial charge in [-0.15, -0.1) is 0 Å². The average molecular weight is 348 g/mol. The lowest BCUT2D eigenvalue weighted by Gasteiger charge is -2.11. The van der Waals surface area contributed by atoms with E-state index in [4.69, 9.17) is 4.74 Å². The second-order valence-corrected chi connectivity index (χ2v) is 4.08. The van der Waals surface area contributed by atoms with Crippen LogP contribution in [0.4, 0.5) is 11.4 Å². The van der Waals surface area contributed by atoms with E-state index in [-0.39, 0.29) is 0 Å². The van der Waals surface area contributed by atoms with Crippen LogP contribution in [0.3, 0.4) is 0 Å². The molecule has 0 aliphatic carbocycles. The Morgan fingerprint density at radius 2 is 1.20 bits per heavy atom. The number of ether oxygens (including phenoxy) is 1. The molecule has 2 aromatic carbocycles. The van der Waals surface area contributed by atoms with Crippen LogP contribution in [0.15, 0.2) is 48.5 Å². The van der Waals surface area contributed by atoms with Gasteiger partial charge in [-0.1, -0.05) is 91.3 Å². The van der Waals surface area contributed by atoms with Crippen LogP contribution in [-0.2, 0) is 11.3 Å². The number of nitrogens with one attached hydrogen (secondary N) is 1. The zero-order valence-corrected chi connectivity index (χ0v) is 18.2. The maximum Gasteiger partial charge on any atom is 0.0733 e. The maximum absolute atomic E-state index is 5.19. The van der Waals surface area contributed by atoms with E-state index < -0.39 is 0 Å². The molecule has 0 saturated heterocycles. The van der Waals surface area contributed by atoms with Crippen LogP contribution in [0.2, 0.25) is 0 Å². The van der Waals surface area contributed by atoms with Crippen LogP contribution < -0.4 is 5.32 Å². The van der Waals surface area contributed by atoms with Gasteiger partial charge in [0.25, 0.3) is 0 Å². The molecular weight excluding hydrogens is 306 g/mol. The first kappa shape index (κ1) is 28.0. The van der Waals surface area contributed by atoms with E-state index in [0.29, 0.717) is 6.61 Å². The van der Waals surface area contributed by atoms with Crippen LogP contribution in [0, 0.1) is 6.92 Å². The lowest BCUT2D eigenvalue weighted by molar-refractivity contribution is 0.185. The van der Waals surface area contributed by atoms with Crippen molar-refractivity contribution in [3.8, 4) is 0 Å². The van der Waals surface area contributed by atoms with E-state index in [0.717, 1.165) is 16.9 Å². The fourth-order valence-electron chi connectivity index (χ4n) is 1.72. The minimum atomic E-state index is 0.620. The third kappa shape index (κ3) is 13.2. The van der Waals surface area contributed by atoms with Gasteiger partial charge < -0.3 is 10.1 Å². The number of anilines is 2. The zero-order valence-electron chi connectivity index (χ0n) is 18.2. The third-order valence-corrected chi connectivity index (χ3v) is 2.65. The summed E-state index contributed by atoms with van der Waals surface area (Å²) < 4.78 is 5.19. The van der Waals surface area contributed by atoms with Crippen molar-refractivity contribution in [3.63, 3.8) is 0 Å². The smallest absolute Gasteiger partial charge is 0.0733 e. The Morgan fingerprint density at radius 3 is 1.68 bits per heavy atom. The standard InChI is InChI=1S/C15H17NO.4C2H6/c1-12-7-9-14(10-8-12)16-15-6-4-3-5-13(15)11-17-2;4*1-2/h3-10,16H,11H2,1-2H3;4*1-2H3. The van der Waals surface area contributed by atoms with Gasteiger partial charge in [-0.05, 0) is 25.1 Å². The fourth-order valence-corrected chi connectivity index (χ4v) is 1.72. The quantitative estimate of drug-likeness (QED) is 0.605. The molecule has 0 bridgehead atoms. The minimum absolute atomic E-state index is 0.620. The lowest BCUT2D eigenvalue weighted by Crippen LogP contribution is -1.97. The molecule has 144 valence electrons. The number of methoxy groups -OCH3 is 1. The molecule has 2 aromatic rings. The monoisotopic (exact) mass is 347 g/mol. The second kappa shape index (κ2) is 22.2. The van der Waals surface area contributed by atoms with Gasteiger partial charge in [0, 0.05) is 24.0 Å². The van der Waals surface area contributed by atoms with Crippen LogP contribution in [0.1, 0.15) is 66.5 Å². The molecule has 2 rings (SSSR count). The van der Waals surface area contributed by atoms with E-state index in [1.54, 1.807) is 7.11 Å². The highest BCUT2D eigenvalue weighted by molar-refractivity contribution is 5.63. The molecule has 0 aliphatic heterocycles. The third-order valence-electron chi connectivity index (χ3n) is 2.65. The van der Waals surface area contributed by atoms with E-state index in [9.17, 15) is 0 Å². The summed E-state index contributed by atoms with van der Waals surface area (Å²) in [4.78, 5) is 0. The van der Waals surface area contributed by atoms with Crippen LogP contribution in [0.25, 0.3) is 0 Å². The highest BCUT2D eigenvalue weighted by atomic mass is 16.5. The molecule has 0 unspecified atom stereocenters. The van der Waals surface area contributed by atoms with Gasteiger partial charge in [0.1, 0.15) is 0 Å². The van der Waals surface area contributed by atoms with Crippen molar-refractivity contribution in [1.82, 2.24) is 0 Å². The molecule has 25 heavy (non-hydrogen) atoms. The molecular formula is C23H41NO. The van der Waals surface area contributed by atoms with Crippen LogP contribution in [-0.4, -0.2) is 7.11 Å². The Morgan fingerprint density at radius 1 is 0.720 bits per heavy atom. The van der Waals surface area contributed by atoms with Crippen molar-refractivity contribution in [2.75, 3.05) is 12.4 Å². The Labute approximate surface area is 157 Å². The van der Waals surface area contributed by atoms with E-state index in [2.05, 4.69) is 48.6 Å². The molecule has 0 aromatic heterocycles. The first-order valence-electron chi connectivity index (χ1n) is 9.70. The van der Waals surface area contributed by atoms with Crippen molar-refractivity contribution >= 4 is 11.4 Å². The van der Waals surface area contributed by atoms with Crippen molar-refractivity contribution < 1.29 is 4.74 Å². The second-order valence-electron chi connectivity index (χ2n) is 4.08. The van der Waals surface area contributed by atoms with Gasteiger partial charge in [0.2, 0.25) is 0 Å². The number of benzene rings is 2. The SMILES string of the molecule is CC.CC.CC.CC.COCc1ccccc1Nc1ccc(C)cc1. The molecule has 0 radical (unpaired) electrons. The minimum Gasteiger partial charge on any atom is -0.380 e. The predicted octanol–water partition coefficient (Wildman–Crippen LogP) is 7.99. The molecule has 0 aliphatic rings. The van der Waals surface area contributed by atoms with Crippen molar-refractivity contribution in [3.05, 3.63) is 59.7 Å². The molecule has 2 heteroatoms. The fraction of sp³-hybridized carbons (Fsp3) is 0.478. The average Bonchev–Trinajstić information content (AvgIpc) is 2.71. The normalized spacial score (nSPS) is 7.92. The molecule has 1 N–H and O–H groups in total. The summed E-state index contributed by atoms with van der Waals surface area (Å²) in [6.07, 6.45) is 0. The van der Waals surface area contributed by atoms with E-state index in [1.165, 1.54) is 5.56 Å². The molecule has 2 nitrogen and oxygen atoms in total. The van der Waals surface area contributed by atoms with Crippen LogP contribution >= 0.6 is 0 Å². The number of aryl methyl sites for hydroxylation is 1. The highest BCUT2D eigenvalue weighted by Crippen LogP contribution is 2.21. The van der Waals surface area contributed by atoms with Crippen molar-refractivity contribution in [2.24, 2.45) is 0 Å². The van der Waals surface area contributed by atoms with E-state index in [1.807, 2.05) is 67.5 Å². The largest absolute Gasteiger partial charge is 0.380 e. The first-order valence-corrected chi connectivity index (χ1v) is 9.70. The molecule has 0 saturated carbocycles. The summed E-state index contributed by atoms with van der Waals surface area (Å²) >= 11 is 0. The first-order chi connectivity index (χ1) is 12.3. The number of hydrogen-bond donors (Lipinski definition) is 1. The topological polar surface area (TPSA) is 21.3 Å². The van der Waals surface area contributed by atoms with Gasteiger partial charge in [-0.3, -0.25) is 0 Å². The molecule has 0 amide bonds. The molecule has 0 spiro atoms. The molecule has 0 atom stereocenters. The summed E-state index contributed by atoms with van der Waals surface area (Å²) in [5, 5.41) is 3.40. The number of rotatable bonds is 4. The van der Waals surface area contributed by atoms with Crippen molar-refractivity contribution in [1.29, 1.82) is 0 Å². The maximum atomic E-state index is 5.19. The summed E-state index contributed by atoms with van der Waals surface area (Å²) in [5.74, 6) is 0. The van der Waals surface area contributed by atoms with Gasteiger partial charge in [0.05, 0.1) is 6.61 Å². The van der Waals surface area contributed by atoms with Gasteiger partial charge in [-0.2, -0.15) is 0 Å². The number of para-hydroxylation sites is 1.